The van der Waals surface area contributed by atoms with Crippen molar-refractivity contribution in [2.45, 2.75) is 47.1 Å². The number of imidazole rings is 1. The van der Waals surface area contributed by atoms with Gasteiger partial charge in [-0.1, -0.05) is 27.7 Å². The number of nitrogens with two attached hydrogens (primary N) is 1. The van der Waals surface area contributed by atoms with E-state index in [1.54, 1.807) is 6.20 Å². The first kappa shape index (κ1) is 14.6. The van der Waals surface area contributed by atoms with E-state index in [1.165, 1.54) is 0 Å². The van der Waals surface area contributed by atoms with E-state index >= 15 is 0 Å². The fourth-order valence-electron chi connectivity index (χ4n) is 2.39. The number of hydrogen-bond acceptors (Lipinski definition) is 3. The minimum absolute atomic E-state index is 0.349. The van der Waals surface area contributed by atoms with E-state index in [9.17, 15) is 0 Å². The summed E-state index contributed by atoms with van der Waals surface area (Å²) in [5, 5.41) is 0. The van der Waals surface area contributed by atoms with Crippen LogP contribution in [0.2, 0.25) is 0 Å². The van der Waals surface area contributed by atoms with Crippen LogP contribution in [-0.2, 0) is 6.54 Å². The van der Waals surface area contributed by atoms with E-state index < -0.39 is 0 Å². The Kier molecular flexibility index (Phi) is 4.12. The average molecular weight is 272 g/mol. The van der Waals surface area contributed by atoms with Gasteiger partial charge in [0, 0.05) is 30.4 Å². The van der Waals surface area contributed by atoms with Crippen molar-refractivity contribution in [3.8, 4) is 11.3 Å². The molecule has 0 unspecified atom stereocenters. The van der Waals surface area contributed by atoms with E-state index in [2.05, 4.69) is 44.2 Å². The second-order valence-electron chi connectivity index (χ2n) is 6.05. The number of rotatable bonds is 4. The van der Waals surface area contributed by atoms with Gasteiger partial charge in [-0.05, 0) is 24.5 Å². The fraction of sp³-hybridized carbons (Fsp3) is 0.500. The first-order valence-electron chi connectivity index (χ1n) is 7.18. The van der Waals surface area contributed by atoms with Gasteiger partial charge in [0.05, 0.1) is 0 Å². The lowest BCUT2D eigenvalue weighted by Crippen LogP contribution is -2.12. The van der Waals surface area contributed by atoms with Gasteiger partial charge in [-0.15, -0.1) is 0 Å². The number of anilines is 1. The largest absolute Gasteiger partial charge is 0.383 e. The minimum atomic E-state index is 0.349. The molecule has 0 aliphatic rings. The van der Waals surface area contributed by atoms with Crippen LogP contribution in [0.4, 0.5) is 5.82 Å². The molecule has 0 atom stereocenters. The Morgan fingerprint density at radius 2 is 1.95 bits per heavy atom. The second kappa shape index (κ2) is 5.65. The van der Waals surface area contributed by atoms with Gasteiger partial charge in [-0.3, -0.25) is 4.98 Å². The molecule has 0 saturated carbocycles. The Labute approximate surface area is 121 Å². The predicted molar refractivity (Wildman–Crippen MR) is 83.5 cm³/mol. The lowest BCUT2D eigenvalue weighted by Gasteiger charge is -2.14. The number of hydrogen-bond donors (Lipinski definition) is 1. The van der Waals surface area contributed by atoms with Crippen molar-refractivity contribution >= 4 is 5.82 Å². The highest BCUT2D eigenvalue weighted by molar-refractivity contribution is 5.73. The topological polar surface area (TPSA) is 56.7 Å². The zero-order valence-corrected chi connectivity index (χ0v) is 13.0. The van der Waals surface area contributed by atoms with Crippen LogP contribution >= 0.6 is 0 Å². The van der Waals surface area contributed by atoms with Crippen molar-refractivity contribution in [2.75, 3.05) is 5.73 Å². The summed E-state index contributed by atoms with van der Waals surface area (Å²) in [6.07, 6.45) is 3.64. The zero-order chi connectivity index (χ0) is 14.9. The minimum Gasteiger partial charge on any atom is -0.383 e. The lowest BCUT2D eigenvalue weighted by atomic mass is 10.1. The molecule has 20 heavy (non-hydrogen) atoms. The van der Waals surface area contributed by atoms with Gasteiger partial charge in [-0.25, -0.2) is 4.98 Å². The molecule has 2 aromatic rings. The van der Waals surface area contributed by atoms with Crippen LogP contribution in [0.1, 0.15) is 45.0 Å². The highest BCUT2D eigenvalue weighted by atomic mass is 15.1. The molecule has 2 aromatic heterocycles. The van der Waals surface area contributed by atoms with Crippen molar-refractivity contribution < 1.29 is 0 Å². The standard InChI is InChI=1S/C16H24N4/c1-10(2)9-20-15(17)14(19-16(20)11(3)4)13-8-18-7-6-12(13)5/h6-8,10-11H,9,17H2,1-5H3. The molecule has 2 N–H and O–H groups in total. The molecule has 0 amide bonds. The van der Waals surface area contributed by atoms with Crippen LogP contribution in [0.15, 0.2) is 18.5 Å². The summed E-state index contributed by atoms with van der Waals surface area (Å²) < 4.78 is 2.15. The van der Waals surface area contributed by atoms with E-state index in [1.807, 2.05) is 12.3 Å². The average Bonchev–Trinajstić information content (AvgIpc) is 2.68. The van der Waals surface area contributed by atoms with Gasteiger partial charge in [0.2, 0.25) is 0 Å². The molecule has 0 aliphatic heterocycles. The smallest absolute Gasteiger partial charge is 0.131 e. The van der Waals surface area contributed by atoms with E-state index in [0.29, 0.717) is 11.8 Å². The molecular formula is C16H24N4. The number of aryl methyl sites for hydroxylation is 1. The monoisotopic (exact) mass is 272 g/mol. The third-order valence-corrected chi connectivity index (χ3v) is 3.39. The van der Waals surface area contributed by atoms with Crippen molar-refractivity contribution in [3.63, 3.8) is 0 Å². The summed E-state index contributed by atoms with van der Waals surface area (Å²) in [7, 11) is 0. The number of nitrogens with zero attached hydrogens (tertiary/aromatic N) is 3. The second-order valence-corrected chi connectivity index (χ2v) is 6.05. The molecular weight excluding hydrogens is 248 g/mol. The van der Waals surface area contributed by atoms with Crippen molar-refractivity contribution in [1.82, 2.24) is 14.5 Å². The van der Waals surface area contributed by atoms with Crippen LogP contribution in [0.3, 0.4) is 0 Å². The van der Waals surface area contributed by atoms with Crippen LogP contribution in [-0.4, -0.2) is 14.5 Å². The number of nitrogen functional groups attached to an aromatic ring is 1. The van der Waals surface area contributed by atoms with E-state index in [0.717, 1.165) is 35.0 Å². The molecule has 4 nitrogen and oxygen atoms in total. The highest BCUT2D eigenvalue weighted by Gasteiger charge is 2.19. The van der Waals surface area contributed by atoms with Gasteiger partial charge in [0.1, 0.15) is 17.3 Å². The molecule has 2 rings (SSSR count). The Balaban J connectivity index is 2.58. The molecule has 0 spiro atoms. The van der Waals surface area contributed by atoms with Gasteiger partial charge < -0.3 is 10.3 Å². The normalized spacial score (nSPS) is 11.6. The summed E-state index contributed by atoms with van der Waals surface area (Å²) in [4.78, 5) is 8.99. The molecule has 0 radical (unpaired) electrons. The maximum absolute atomic E-state index is 6.36. The zero-order valence-electron chi connectivity index (χ0n) is 13.0. The number of aromatic nitrogens is 3. The quantitative estimate of drug-likeness (QED) is 0.925. The lowest BCUT2D eigenvalue weighted by molar-refractivity contribution is 0.502. The molecule has 0 saturated heterocycles. The van der Waals surface area contributed by atoms with Crippen molar-refractivity contribution in [2.24, 2.45) is 5.92 Å². The maximum atomic E-state index is 6.36. The molecule has 0 bridgehead atoms. The van der Waals surface area contributed by atoms with E-state index in [4.69, 9.17) is 10.7 Å². The predicted octanol–water partition coefficient (Wildman–Crippen LogP) is 3.62. The first-order chi connectivity index (χ1) is 9.41. The molecule has 108 valence electrons. The van der Waals surface area contributed by atoms with Crippen LogP contribution < -0.4 is 5.73 Å². The highest BCUT2D eigenvalue weighted by Crippen LogP contribution is 2.31. The fourth-order valence-corrected chi connectivity index (χ4v) is 2.39. The van der Waals surface area contributed by atoms with Gasteiger partial charge in [-0.2, -0.15) is 0 Å². The molecule has 4 heteroatoms. The Morgan fingerprint density at radius 3 is 2.50 bits per heavy atom. The van der Waals surface area contributed by atoms with Crippen LogP contribution in [0, 0.1) is 12.8 Å². The third-order valence-electron chi connectivity index (χ3n) is 3.39. The van der Waals surface area contributed by atoms with Crippen molar-refractivity contribution in [1.29, 1.82) is 0 Å². The SMILES string of the molecule is Cc1ccncc1-c1nc(C(C)C)n(CC(C)C)c1N. The number of pyridine rings is 1. The van der Waals surface area contributed by atoms with Crippen LogP contribution in [0.25, 0.3) is 11.3 Å². The molecule has 0 aliphatic carbocycles. The maximum Gasteiger partial charge on any atom is 0.131 e. The van der Waals surface area contributed by atoms with Gasteiger partial charge >= 0.3 is 0 Å². The van der Waals surface area contributed by atoms with E-state index in [-0.39, 0.29) is 0 Å². The molecule has 2 heterocycles. The Hall–Kier alpha value is -1.84. The molecule has 0 fully saturated rings. The summed E-state index contributed by atoms with van der Waals surface area (Å²) in [6.45, 7) is 11.6. The summed E-state index contributed by atoms with van der Waals surface area (Å²) >= 11 is 0. The Morgan fingerprint density at radius 1 is 1.25 bits per heavy atom. The summed E-state index contributed by atoms with van der Waals surface area (Å²) in [6, 6.07) is 1.99. The molecule has 0 aromatic carbocycles. The van der Waals surface area contributed by atoms with Crippen LogP contribution in [0.5, 0.6) is 0 Å². The first-order valence-corrected chi connectivity index (χ1v) is 7.18. The third kappa shape index (κ3) is 2.69. The summed E-state index contributed by atoms with van der Waals surface area (Å²) in [5.74, 6) is 2.68. The van der Waals surface area contributed by atoms with Gasteiger partial charge in [0.25, 0.3) is 0 Å². The van der Waals surface area contributed by atoms with Gasteiger partial charge in [0.15, 0.2) is 0 Å². The van der Waals surface area contributed by atoms with Crippen molar-refractivity contribution in [3.05, 3.63) is 29.8 Å². The Bertz CT molecular complexity index is 597. The summed E-state index contributed by atoms with van der Waals surface area (Å²) in [5.41, 5.74) is 9.40.